The Labute approximate surface area is 189 Å². The van der Waals surface area contributed by atoms with Crippen molar-refractivity contribution in [2.75, 3.05) is 13.2 Å². The molecule has 2 aromatic rings. The summed E-state index contributed by atoms with van der Waals surface area (Å²) in [5.41, 5.74) is -1.26. The van der Waals surface area contributed by atoms with Crippen molar-refractivity contribution < 1.29 is 36.9 Å². The molecule has 0 amide bonds. The molecule has 178 valence electrons. The second-order valence-corrected chi connectivity index (χ2v) is 7.48. The summed E-state index contributed by atoms with van der Waals surface area (Å²) in [7, 11) is 0. The Balaban J connectivity index is 1.93. The van der Waals surface area contributed by atoms with Crippen LogP contribution in [0.3, 0.4) is 0 Å². The molecule has 0 saturated carbocycles. The van der Waals surface area contributed by atoms with Gasteiger partial charge in [0.15, 0.2) is 12.2 Å². The summed E-state index contributed by atoms with van der Waals surface area (Å²) in [4.78, 5) is 12.0. The number of benzene rings is 2. The number of ether oxygens (including phenoxy) is 4. The lowest BCUT2D eigenvalue weighted by molar-refractivity contribution is -0.158. The molecule has 0 aliphatic carbocycles. The Hall–Kier alpha value is -3.56. The van der Waals surface area contributed by atoms with Crippen LogP contribution in [-0.4, -0.2) is 36.6 Å². The van der Waals surface area contributed by atoms with E-state index in [9.17, 15) is 18.0 Å². The maximum Gasteiger partial charge on any atom is 0.416 e. The smallest absolute Gasteiger partial charge is 0.416 e. The van der Waals surface area contributed by atoms with Crippen LogP contribution in [-0.2, 0) is 20.4 Å². The lowest BCUT2D eigenvalue weighted by atomic mass is 10.1. The Morgan fingerprint density at radius 3 is 2.21 bits per heavy atom. The molecule has 0 heterocycles. The molecule has 0 aliphatic heterocycles. The molecule has 33 heavy (non-hydrogen) atoms. The minimum Gasteiger partial charge on any atom is -0.484 e. The summed E-state index contributed by atoms with van der Waals surface area (Å²) in [6.07, 6.45) is -4.48. The quantitative estimate of drug-likeness (QED) is 0.319. The SMILES string of the molecule is CCOC(=O)C(C)(C)Oc1ccc(OCC(=N)OC(=N)c2ccc(C(F)(F)F)cc2)cc1C. The standard InChI is InChI=1S/C23H25F3N2O5/c1-5-30-21(29)22(3,4)33-18-11-10-17(12-14(18)2)31-13-19(27)32-20(28)15-6-8-16(9-7-15)23(24,25)26/h6-12,27-28H,5,13H2,1-4H3. The minimum atomic E-state index is -4.48. The number of carbonyl (C=O) groups excluding carboxylic acids is 1. The first-order valence-electron chi connectivity index (χ1n) is 9.94. The van der Waals surface area contributed by atoms with Crippen LogP contribution in [0.4, 0.5) is 13.2 Å². The van der Waals surface area contributed by atoms with Gasteiger partial charge in [0, 0.05) is 5.56 Å². The van der Waals surface area contributed by atoms with Gasteiger partial charge in [-0.1, -0.05) is 0 Å². The van der Waals surface area contributed by atoms with Crippen LogP contribution in [0.1, 0.15) is 37.5 Å². The van der Waals surface area contributed by atoms with E-state index in [1.165, 1.54) is 0 Å². The van der Waals surface area contributed by atoms with E-state index in [4.69, 9.17) is 29.8 Å². The molecule has 7 nitrogen and oxygen atoms in total. The number of hydrogen-bond donors (Lipinski definition) is 2. The number of halogens is 3. The molecule has 2 aromatic carbocycles. The average Bonchev–Trinajstić information content (AvgIpc) is 2.73. The van der Waals surface area contributed by atoms with Crippen LogP contribution in [0.2, 0.25) is 0 Å². The van der Waals surface area contributed by atoms with Crippen molar-refractivity contribution in [1.82, 2.24) is 0 Å². The Kier molecular flexibility index (Phi) is 8.08. The lowest BCUT2D eigenvalue weighted by Gasteiger charge is -2.25. The second kappa shape index (κ2) is 10.4. The van der Waals surface area contributed by atoms with Crippen molar-refractivity contribution in [3.05, 3.63) is 59.2 Å². The molecule has 2 rings (SSSR count). The Morgan fingerprint density at radius 2 is 1.67 bits per heavy atom. The zero-order chi connectivity index (χ0) is 24.8. The zero-order valence-corrected chi connectivity index (χ0v) is 18.6. The first kappa shape index (κ1) is 25.7. The monoisotopic (exact) mass is 466 g/mol. The summed E-state index contributed by atoms with van der Waals surface area (Å²) in [5.74, 6) is -0.524. The predicted octanol–water partition coefficient (Wildman–Crippen LogP) is 5.13. The minimum absolute atomic E-state index is 0.0920. The van der Waals surface area contributed by atoms with E-state index < -0.39 is 35.1 Å². The highest BCUT2D eigenvalue weighted by Gasteiger charge is 2.32. The first-order valence-corrected chi connectivity index (χ1v) is 9.94. The van der Waals surface area contributed by atoms with Crippen LogP contribution in [0.5, 0.6) is 11.5 Å². The van der Waals surface area contributed by atoms with Crippen LogP contribution in [0, 0.1) is 17.7 Å². The van der Waals surface area contributed by atoms with Gasteiger partial charge in [0.1, 0.15) is 11.5 Å². The Morgan fingerprint density at radius 1 is 1.03 bits per heavy atom. The van der Waals surface area contributed by atoms with E-state index in [2.05, 4.69) is 0 Å². The number of nitrogens with one attached hydrogen (secondary N) is 2. The van der Waals surface area contributed by atoms with Crippen molar-refractivity contribution in [3.8, 4) is 11.5 Å². The highest BCUT2D eigenvalue weighted by Crippen LogP contribution is 2.29. The van der Waals surface area contributed by atoms with Crippen molar-refractivity contribution in [1.29, 1.82) is 10.8 Å². The fraction of sp³-hybridized carbons (Fsp3) is 0.348. The highest BCUT2D eigenvalue weighted by molar-refractivity contribution is 5.99. The molecule has 0 fully saturated rings. The van der Waals surface area contributed by atoms with Crippen LogP contribution in [0.25, 0.3) is 0 Å². The molecule has 10 heteroatoms. The lowest BCUT2D eigenvalue weighted by Crippen LogP contribution is -2.39. The molecule has 0 radical (unpaired) electrons. The Bertz CT molecular complexity index is 1020. The van der Waals surface area contributed by atoms with E-state index in [0.717, 1.165) is 24.3 Å². The molecule has 0 bridgehead atoms. The number of hydrogen-bond acceptors (Lipinski definition) is 7. The van der Waals surface area contributed by atoms with Gasteiger partial charge >= 0.3 is 12.1 Å². The van der Waals surface area contributed by atoms with Crippen LogP contribution >= 0.6 is 0 Å². The fourth-order valence-corrected chi connectivity index (χ4v) is 2.62. The van der Waals surface area contributed by atoms with Crippen molar-refractivity contribution in [2.24, 2.45) is 0 Å². The maximum atomic E-state index is 12.6. The van der Waals surface area contributed by atoms with E-state index in [1.54, 1.807) is 45.9 Å². The summed E-state index contributed by atoms with van der Waals surface area (Å²) in [6, 6.07) is 8.70. The van der Waals surface area contributed by atoms with E-state index in [1.807, 2.05) is 0 Å². The molecule has 0 unspecified atom stereocenters. The van der Waals surface area contributed by atoms with Gasteiger partial charge in [0.25, 0.3) is 0 Å². The van der Waals surface area contributed by atoms with Gasteiger partial charge in [-0.05, 0) is 75.7 Å². The number of aryl methyl sites for hydroxylation is 1. The molecule has 2 N–H and O–H groups in total. The van der Waals surface area contributed by atoms with Gasteiger partial charge in [0.05, 0.1) is 12.2 Å². The van der Waals surface area contributed by atoms with Crippen molar-refractivity contribution >= 4 is 17.8 Å². The third kappa shape index (κ3) is 7.23. The van der Waals surface area contributed by atoms with Crippen molar-refractivity contribution in [2.45, 2.75) is 39.5 Å². The fourth-order valence-electron chi connectivity index (χ4n) is 2.62. The number of esters is 1. The van der Waals surface area contributed by atoms with Gasteiger partial charge in [0.2, 0.25) is 11.8 Å². The summed E-state index contributed by atoms with van der Waals surface area (Å²) >= 11 is 0. The van der Waals surface area contributed by atoms with E-state index >= 15 is 0 Å². The van der Waals surface area contributed by atoms with Crippen LogP contribution in [0.15, 0.2) is 42.5 Å². The normalized spacial score (nSPS) is 11.5. The van der Waals surface area contributed by atoms with Gasteiger partial charge in [-0.3, -0.25) is 10.8 Å². The third-order valence-electron chi connectivity index (χ3n) is 4.35. The summed E-state index contributed by atoms with van der Waals surface area (Å²) in [6.45, 7) is 6.58. The first-order chi connectivity index (χ1) is 15.3. The molecular weight excluding hydrogens is 441 g/mol. The third-order valence-corrected chi connectivity index (χ3v) is 4.35. The molecule has 0 saturated heterocycles. The summed E-state index contributed by atoms with van der Waals surface area (Å²) in [5, 5.41) is 15.6. The van der Waals surface area contributed by atoms with Gasteiger partial charge in [-0.25, -0.2) is 4.79 Å². The van der Waals surface area contributed by atoms with Gasteiger partial charge in [-0.15, -0.1) is 0 Å². The number of carbonyl (C=O) groups is 1. The molecule has 0 aromatic heterocycles. The molecule has 0 atom stereocenters. The van der Waals surface area contributed by atoms with Gasteiger partial charge in [-0.2, -0.15) is 13.2 Å². The maximum absolute atomic E-state index is 12.6. The van der Waals surface area contributed by atoms with E-state index in [0.29, 0.717) is 17.1 Å². The summed E-state index contributed by atoms with van der Waals surface area (Å²) < 4.78 is 59.2. The topological polar surface area (TPSA) is 102 Å². The second-order valence-electron chi connectivity index (χ2n) is 7.48. The van der Waals surface area contributed by atoms with Crippen molar-refractivity contribution in [3.63, 3.8) is 0 Å². The van der Waals surface area contributed by atoms with E-state index in [-0.39, 0.29) is 18.8 Å². The molecular formula is C23H25F3N2O5. The molecule has 0 aliphatic rings. The predicted molar refractivity (Wildman–Crippen MR) is 115 cm³/mol. The largest absolute Gasteiger partial charge is 0.484 e. The molecule has 0 spiro atoms. The zero-order valence-electron chi connectivity index (χ0n) is 18.6. The van der Waals surface area contributed by atoms with Crippen LogP contribution < -0.4 is 9.47 Å². The van der Waals surface area contributed by atoms with Gasteiger partial charge < -0.3 is 18.9 Å². The highest BCUT2D eigenvalue weighted by atomic mass is 19.4. The average molecular weight is 466 g/mol. The number of alkyl halides is 3. The number of rotatable bonds is 8.